The Morgan fingerprint density at radius 2 is 2.23 bits per heavy atom. The summed E-state index contributed by atoms with van der Waals surface area (Å²) >= 11 is 8.40. The molecule has 72 valence electrons. The molecule has 3 nitrogen and oxygen atoms in total. The summed E-state index contributed by atoms with van der Waals surface area (Å²) in [6, 6.07) is 0. The first kappa shape index (κ1) is 10.5. The first-order valence-electron chi connectivity index (χ1n) is 3.87. The zero-order valence-electron chi connectivity index (χ0n) is 7.17. The van der Waals surface area contributed by atoms with Crippen LogP contribution in [0.15, 0.2) is 24.4 Å². The minimum absolute atomic E-state index is 0.313. The lowest BCUT2D eigenvalue weighted by molar-refractivity contribution is -0.180. The molecule has 1 rings (SSSR count). The average molecular weight is 217 g/mol. The smallest absolute Gasteiger partial charge is 0.332 e. The second kappa shape index (κ2) is 4.11. The standard InChI is InChI=1S/C8H11NO2S2/c1-2-7(10)11-9-6-4-3-5-8(9,12)13/h3-6,12-13H,2H2,1H3. The molecule has 0 aromatic carbocycles. The SMILES string of the molecule is CCC(=O)ON1C=CC=CC1(S)S. The Kier molecular flexibility index (Phi) is 3.33. The number of carbonyl (C=O) groups is 1. The number of rotatable bonds is 2. The van der Waals surface area contributed by atoms with Crippen LogP contribution in [0, 0.1) is 0 Å². The van der Waals surface area contributed by atoms with Gasteiger partial charge in [-0.1, -0.05) is 13.0 Å². The maximum absolute atomic E-state index is 11.0. The number of nitrogens with zero attached hydrogens (tertiary/aromatic N) is 1. The van der Waals surface area contributed by atoms with Crippen LogP contribution >= 0.6 is 25.3 Å². The molecule has 0 fully saturated rings. The van der Waals surface area contributed by atoms with E-state index in [0.29, 0.717) is 6.42 Å². The molecule has 5 heteroatoms. The second-order valence-corrected chi connectivity index (χ2v) is 4.25. The van der Waals surface area contributed by atoms with Gasteiger partial charge in [0.1, 0.15) is 0 Å². The van der Waals surface area contributed by atoms with Crippen LogP contribution in [0.3, 0.4) is 0 Å². The minimum Gasteiger partial charge on any atom is -0.339 e. The van der Waals surface area contributed by atoms with Crippen LogP contribution in [-0.2, 0) is 9.63 Å². The van der Waals surface area contributed by atoms with Crippen LogP contribution in [-0.4, -0.2) is 15.2 Å². The molecule has 1 aliphatic rings. The summed E-state index contributed by atoms with van der Waals surface area (Å²) < 4.78 is -0.862. The third-order valence-corrected chi connectivity index (χ3v) is 2.16. The molecule has 0 amide bonds. The molecule has 0 aliphatic carbocycles. The number of carbonyl (C=O) groups excluding carboxylic acids is 1. The number of hydrogen-bond acceptors (Lipinski definition) is 5. The van der Waals surface area contributed by atoms with Gasteiger partial charge in [0, 0.05) is 12.6 Å². The van der Waals surface area contributed by atoms with Crippen molar-refractivity contribution in [2.75, 3.05) is 0 Å². The van der Waals surface area contributed by atoms with Crippen LogP contribution in [0.1, 0.15) is 13.3 Å². The molecule has 0 saturated heterocycles. The van der Waals surface area contributed by atoms with E-state index in [-0.39, 0.29) is 5.97 Å². The molecule has 13 heavy (non-hydrogen) atoms. The summed E-state index contributed by atoms with van der Waals surface area (Å²) in [4.78, 5) is 15.9. The molecule has 0 radical (unpaired) electrons. The molecular weight excluding hydrogens is 206 g/mol. The minimum atomic E-state index is -0.862. The van der Waals surface area contributed by atoms with Gasteiger partial charge >= 0.3 is 5.97 Å². The van der Waals surface area contributed by atoms with Gasteiger partial charge in [0.2, 0.25) is 0 Å². The molecule has 0 saturated carbocycles. The zero-order valence-corrected chi connectivity index (χ0v) is 8.96. The van der Waals surface area contributed by atoms with Crippen LogP contribution in [0.4, 0.5) is 0 Å². The Labute approximate surface area is 88.2 Å². The lowest BCUT2D eigenvalue weighted by Crippen LogP contribution is -2.37. The zero-order chi connectivity index (χ0) is 9.90. The van der Waals surface area contributed by atoms with Gasteiger partial charge in [-0.05, 0) is 12.2 Å². The van der Waals surface area contributed by atoms with Crippen molar-refractivity contribution in [3.05, 3.63) is 24.4 Å². The van der Waals surface area contributed by atoms with E-state index in [1.807, 2.05) is 0 Å². The number of hydroxylamine groups is 2. The van der Waals surface area contributed by atoms with Crippen molar-refractivity contribution in [1.82, 2.24) is 5.06 Å². The van der Waals surface area contributed by atoms with Crippen molar-refractivity contribution in [3.8, 4) is 0 Å². The molecule has 0 unspecified atom stereocenters. The predicted molar refractivity (Wildman–Crippen MR) is 57.2 cm³/mol. The Morgan fingerprint density at radius 3 is 2.77 bits per heavy atom. The summed E-state index contributed by atoms with van der Waals surface area (Å²) in [5, 5.41) is 1.30. The normalized spacial score (nSPS) is 18.8. The van der Waals surface area contributed by atoms with E-state index in [1.165, 1.54) is 5.06 Å². The highest BCUT2D eigenvalue weighted by Crippen LogP contribution is 2.29. The Morgan fingerprint density at radius 1 is 1.54 bits per heavy atom. The topological polar surface area (TPSA) is 29.5 Å². The summed E-state index contributed by atoms with van der Waals surface area (Å²) in [5.74, 6) is -0.313. The van der Waals surface area contributed by atoms with Gasteiger partial charge in [0.15, 0.2) is 4.20 Å². The third kappa shape index (κ3) is 2.70. The quantitative estimate of drug-likeness (QED) is 0.545. The van der Waals surface area contributed by atoms with Gasteiger partial charge in [-0.3, -0.25) is 0 Å². The summed E-state index contributed by atoms with van der Waals surface area (Å²) in [7, 11) is 0. The van der Waals surface area contributed by atoms with Crippen molar-refractivity contribution in [3.63, 3.8) is 0 Å². The summed E-state index contributed by atoms with van der Waals surface area (Å²) in [6.45, 7) is 1.73. The highest BCUT2D eigenvalue weighted by Gasteiger charge is 2.28. The summed E-state index contributed by atoms with van der Waals surface area (Å²) in [5.41, 5.74) is 0. The van der Waals surface area contributed by atoms with E-state index in [2.05, 4.69) is 25.3 Å². The maximum atomic E-state index is 11.0. The molecule has 1 aliphatic heterocycles. The highest BCUT2D eigenvalue weighted by molar-refractivity contribution is 8.00. The van der Waals surface area contributed by atoms with Gasteiger partial charge in [-0.15, -0.1) is 25.3 Å². The van der Waals surface area contributed by atoms with E-state index in [1.54, 1.807) is 31.4 Å². The third-order valence-electron chi connectivity index (χ3n) is 1.47. The monoisotopic (exact) mass is 217 g/mol. The number of thiol groups is 2. The van der Waals surface area contributed by atoms with Gasteiger partial charge in [0.25, 0.3) is 0 Å². The van der Waals surface area contributed by atoms with Crippen molar-refractivity contribution in [1.29, 1.82) is 0 Å². The van der Waals surface area contributed by atoms with Crippen LogP contribution in [0.25, 0.3) is 0 Å². The molecule has 0 spiro atoms. The van der Waals surface area contributed by atoms with E-state index in [4.69, 9.17) is 4.84 Å². The van der Waals surface area contributed by atoms with Crippen LogP contribution in [0.5, 0.6) is 0 Å². The lowest BCUT2D eigenvalue weighted by atomic mass is 10.4. The van der Waals surface area contributed by atoms with Gasteiger partial charge in [-0.2, -0.15) is 5.06 Å². The van der Waals surface area contributed by atoms with Gasteiger partial charge < -0.3 is 4.84 Å². The Hall–Kier alpha value is -0.550. The molecule has 0 bridgehead atoms. The maximum Gasteiger partial charge on any atom is 0.332 e. The molecule has 0 atom stereocenters. The Bertz CT molecular complexity index is 261. The number of hydrogen-bond donors (Lipinski definition) is 2. The summed E-state index contributed by atoms with van der Waals surface area (Å²) in [6.07, 6.45) is 7.17. The fraction of sp³-hybridized carbons (Fsp3) is 0.375. The van der Waals surface area contributed by atoms with Crippen LogP contribution < -0.4 is 0 Å². The lowest BCUT2D eigenvalue weighted by Gasteiger charge is -2.32. The van der Waals surface area contributed by atoms with E-state index in [0.717, 1.165) is 0 Å². The van der Waals surface area contributed by atoms with E-state index >= 15 is 0 Å². The van der Waals surface area contributed by atoms with Gasteiger partial charge in [-0.25, -0.2) is 4.79 Å². The second-order valence-electron chi connectivity index (χ2n) is 2.53. The highest BCUT2D eigenvalue weighted by atomic mass is 32.2. The average Bonchev–Trinajstić information content (AvgIpc) is 2.08. The number of allylic oxidation sites excluding steroid dienone is 2. The van der Waals surface area contributed by atoms with E-state index < -0.39 is 4.20 Å². The van der Waals surface area contributed by atoms with E-state index in [9.17, 15) is 4.79 Å². The first-order valence-corrected chi connectivity index (χ1v) is 4.76. The Balaban J connectivity index is 2.64. The molecule has 0 N–H and O–H groups in total. The molecule has 1 heterocycles. The van der Waals surface area contributed by atoms with Crippen LogP contribution in [0.2, 0.25) is 0 Å². The first-order chi connectivity index (χ1) is 6.06. The van der Waals surface area contributed by atoms with Crippen molar-refractivity contribution >= 4 is 31.2 Å². The fourth-order valence-corrected chi connectivity index (χ4v) is 1.15. The van der Waals surface area contributed by atoms with Crippen molar-refractivity contribution < 1.29 is 9.63 Å². The molecule has 0 aromatic rings. The molecular formula is C8H11NO2S2. The van der Waals surface area contributed by atoms with Crippen molar-refractivity contribution in [2.24, 2.45) is 0 Å². The molecule has 0 aromatic heterocycles. The van der Waals surface area contributed by atoms with Gasteiger partial charge in [0.05, 0.1) is 0 Å². The van der Waals surface area contributed by atoms with Crippen molar-refractivity contribution in [2.45, 2.75) is 17.5 Å². The largest absolute Gasteiger partial charge is 0.339 e. The predicted octanol–water partition coefficient (Wildman–Crippen LogP) is 1.75. The fourth-order valence-electron chi connectivity index (χ4n) is 0.768.